The van der Waals surface area contributed by atoms with Gasteiger partial charge in [-0.2, -0.15) is 12.6 Å². The maximum atomic E-state index is 3.97. The van der Waals surface area contributed by atoms with E-state index in [2.05, 4.69) is 50.9 Å². The summed E-state index contributed by atoms with van der Waals surface area (Å²) in [5, 5.41) is 0. The Morgan fingerprint density at radius 3 is 2.53 bits per heavy atom. The number of benzene rings is 1. The van der Waals surface area contributed by atoms with Crippen molar-refractivity contribution in [3.8, 4) is 0 Å². The van der Waals surface area contributed by atoms with Crippen molar-refractivity contribution in [2.24, 2.45) is 0 Å². The normalized spacial score (nSPS) is 9.27. The SMILES string of the molecule is C=C/C=C\C(=C)c1cccc(C)c1.CS. The van der Waals surface area contributed by atoms with Crippen LogP contribution in [-0.2, 0) is 0 Å². The lowest BCUT2D eigenvalue weighted by atomic mass is 10.0. The molecule has 1 rings (SSSR count). The molecule has 0 unspecified atom stereocenters. The van der Waals surface area contributed by atoms with Gasteiger partial charge < -0.3 is 0 Å². The lowest BCUT2D eigenvalue weighted by Gasteiger charge is -2.00. The smallest absolute Gasteiger partial charge is 0.0187 e. The van der Waals surface area contributed by atoms with E-state index in [1.807, 2.05) is 18.2 Å². The van der Waals surface area contributed by atoms with Crippen molar-refractivity contribution in [3.05, 3.63) is 66.8 Å². The van der Waals surface area contributed by atoms with E-state index in [1.54, 1.807) is 12.3 Å². The molecule has 0 nitrogen and oxygen atoms in total. The molecule has 0 heterocycles. The second-order valence-electron chi connectivity index (χ2n) is 2.99. The van der Waals surface area contributed by atoms with Gasteiger partial charge in [-0.1, -0.05) is 61.2 Å². The maximum absolute atomic E-state index is 3.97. The maximum Gasteiger partial charge on any atom is -0.0187 e. The Bertz CT molecular complexity index is 348. The highest BCUT2D eigenvalue weighted by Crippen LogP contribution is 2.14. The Balaban J connectivity index is 0.000000921. The fourth-order valence-corrected chi connectivity index (χ4v) is 1.13. The lowest BCUT2D eigenvalue weighted by molar-refractivity contribution is 1.45. The molecular formula is C14H18S. The van der Waals surface area contributed by atoms with Gasteiger partial charge in [-0.15, -0.1) is 0 Å². The minimum absolute atomic E-state index is 1.02. The highest BCUT2D eigenvalue weighted by molar-refractivity contribution is 7.79. The molecule has 1 aromatic carbocycles. The zero-order valence-corrected chi connectivity index (χ0v) is 10.3. The van der Waals surface area contributed by atoms with Crippen LogP contribution in [0.4, 0.5) is 0 Å². The molecule has 80 valence electrons. The Morgan fingerprint density at radius 1 is 1.33 bits per heavy atom. The predicted octanol–water partition coefficient (Wildman–Crippen LogP) is 4.30. The second-order valence-corrected chi connectivity index (χ2v) is 2.99. The van der Waals surface area contributed by atoms with Gasteiger partial charge in [0.25, 0.3) is 0 Å². The van der Waals surface area contributed by atoms with Crippen LogP contribution in [0.1, 0.15) is 11.1 Å². The van der Waals surface area contributed by atoms with Crippen LogP contribution in [0.2, 0.25) is 0 Å². The topological polar surface area (TPSA) is 0 Å². The van der Waals surface area contributed by atoms with Crippen LogP contribution in [0.5, 0.6) is 0 Å². The summed E-state index contributed by atoms with van der Waals surface area (Å²) in [6.07, 6.45) is 7.30. The monoisotopic (exact) mass is 218 g/mol. The summed E-state index contributed by atoms with van der Waals surface area (Å²) in [5.41, 5.74) is 3.44. The van der Waals surface area contributed by atoms with E-state index in [1.165, 1.54) is 5.56 Å². The molecular weight excluding hydrogens is 200 g/mol. The van der Waals surface area contributed by atoms with Crippen molar-refractivity contribution in [1.29, 1.82) is 0 Å². The minimum atomic E-state index is 1.02. The summed E-state index contributed by atoms with van der Waals surface area (Å²) in [4.78, 5) is 0. The predicted molar refractivity (Wildman–Crippen MR) is 74.5 cm³/mol. The average Bonchev–Trinajstić information content (AvgIpc) is 2.28. The fourth-order valence-electron chi connectivity index (χ4n) is 1.13. The first-order chi connectivity index (χ1) is 7.24. The van der Waals surface area contributed by atoms with Gasteiger partial charge in [0.15, 0.2) is 0 Å². The standard InChI is InChI=1S/C13H14.CH4S/c1-4-5-8-12(3)13-9-6-7-11(2)10-13;1-2/h4-10H,1,3H2,2H3;2H,1H3/b8-5-;. The van der Waals surface area contributed by atoms with Gasteiger partial charge in [0.2, 0.25) is 0 Å². The van der Waals surface area contributed by atoms with Crippen molar-refractivity contribution in [1.82, 2.24) is 0 Å². The lowest BCUT2D eigenvalue weighted by Crippen LogP contribution is -1.79. The van der Waals surface area contributed by atoms with E-state index >= 15 is 0 Å². The van der Waals surface area contributed by atoms with Crippen LogP contribution >= 0.6 is 12.6 Å². The third-order valence-electron chi connectivity index (χ3n) is 1.82. The van der Waals surface area contributed by atoms with Crippen LogP contribution in [-0.4, -0.2) is 6.26 Å². The molecule has 0 saturated carbocycles. The molecule has 0 spiro atoms. The van der Waals surface area contributed by atoms with Crippen LogP contribution < -0.4 is 0 Å². The zero-order chi connectivity index (χ0) is 11.7. The van der Waals surface area contributed by atoms with E-state index in [0.29, 0.717) is 0 Å². The molecule has 0 aromatic heterocycles. The first-order valence-corrected chi connectivity index (χ1v) is 5.63. The number of thiol groups is 1. The molecule has 1 heteroatoms. The van der Waals surface area contributed by atoms with E-state index in [9.17, 15) is 0 Å². The van der Waals surface area contributed by atoms with Crippen molar-refractivity contribution < 1.29 is 0 Å². The van der Waals surface area contributed by atoms with Crippen molar-refractivity contribution >= 4 is 18.2 Å². The summed E-state index contributed by atoms with van der Waals surface area (Å²) in [7, 11) is 0. The van der Waals surface area contributed by atoms with Crippen molar-refractivity contribution in [3.63, 3.8) is 0 Å². The van der Waals surface area contributed by atoms with E-state index in [-0.39, 0.29) is 0 Å². The van der Waals surface area contributed by atoms with E-state index < -0.39 is 0 Å². The molecule has 0 bridgehead atoms. The number of allylic oxidation sites excluding steroid dienone is 4. The van der Waals surface area contributed by atoms with E-state index in [0.717, 1.165) is 11.1 Å². The molecule has 0 aliphatic carbocycles. The van der Waals surface area contributed by atoms with Crippen molar-refractivity contribution in [2.45, 2.75) is 6.92 Å². The molecule has 0 N–H and O–H groups in total. The largest absolute Gasteiger partial charge is 0.183 e. The van der Waals surface area contributed by atoms with Gasteiger partial charge >= 0.3 is 0 Å². The van der Waals surface area contributed by atoms with Gasteiger partial charge in [0.05, 0.1) is 0 Å². The van der Waals surface area contributed by atoms with E-state index in [4.69, 9.17) is 0 Å². The molecule has 0 radical (unpaired) electrons. The molecule has 0 aliphatic rings. The molecule has 0 saturated heterocycles. The quantitative estimate of drug-likeness (QED) is 0.567. The highest BCUT2D eigenvalue weighted by atomic mass is 32.1. The average molecular weight is 218 g/mol. The summed E-state index contributed by atoms with van der Waals surface area (Å²) in [5.74, 6) is 0. The molecule has 0 fully saturated rings. The third-order valence-corrected chi connectivity index (χ3v) is 1.82. The molecule has 0 atom stereocenters. The third kappa shape index (κ3) is 5.28. The molecule has 0 aliphatic heterocycles. The van der Waals surface area contributed by atoms with Crippen LogP contribution in [0.25, 0.3) is 5.57 Å². The van der Waals surface area contributed by atoms with Gasteiger partial charge in [-0.25, -0.2) is 0 Å². The number of hydrogen-bond acceptors (Lipinski definition) is 1. The number of hydrogen-bond donors (Lipinski definition) is 1. The summed E-state index contributed by atoms with van der Waals surface area (Å²) < 4.78 is 0. The fraction of sp³-hybridized carbons (Fsp3) is 0.143. The van der Waals surface area contributed by atoms with Crippen LogP contribution in [0.15, 0.2) is 55.7 Å². The summed E-state index contributed by atoms with van der Waals surface area (Å²) in [6, 6.07) is 8.30. The Labute approximate surface area is 98.4 Å². The summed E-state index contributed by atoms with van der Waals surface area (Å²) >= 11 is 3.53. The first kappa shape index (κ1) is 13.8. The minimum Gasteiger partial charge on any atom is -0.183 e. The van der Waals surface area contributed by atoms with Gasteiger partial charge in [-0.3, -0.25) is 0 Å². The van der Waals surface area contributed by atoms with Gasteiger partial charge in [-0.05, 0) is 24.3 Å². The molecule has 0 amide bonds. The van der Waals surface area contributed by atoms with Crippen LogP contribution in [0.3, 0.4) is 0 Å². The Hall–Kier alpha value is -1.21. The zero-order valence-electron chi connectivity index (χ0n) is 9.40. The van der Waals surface area contributed by atoms with Crippen molar-refractivity contribution in [2.75, 3.05) is 6.26 Å². The van der Waals surface area contributed by atoms with Crippen LogP contribution in [0, 0.1) is 6.92 Å². The Morgan fingerprint density at radius 2 is 2.00 bits per heavy atom. The Kier molecular flexibility index (Phi) is 7.47. The second kappa shape index (κ2) is 8.13. The van der Waals surface area contributed by atoms with Gasteiger partial charge in [0.1, 0.15) is 0 Å². The number of aryl methyl sites for hydroxylation is 1. The first-order valence-electron chi connectivity index (χ1n) is 4.74. The summed E-state index contributed by atoms with van der Waals surface area (Å²) in [6.45, 7) is 9.66. The number of rotatable bonds is 3. The highest BCUT2D eigenvalue weighted by Gasteiger charge is 1.93. The molecule has 15 heavy (non-hydrogen) atoms. The molecule has 1 aromatic rings. The van der Waals surface area contributed by atoms with Gasteiger partial charge in [0, 0.05) is 0 Å².